The van der Waals surface area contributed by atoms with Crippen LogP contribution in [0.5, 0.6) is 0 Å². The van der Waals surface area contributed by atoms with Crippen LogP contribution in [0.15, 0.2) is 0 Å². The van der Waals surface area contributed by atoms with Gasteiger partial charge in [0.05, 0.1) is 0 Å². The van der Waals surface area contributed by atoms with E-state index < -0.39 is 18.0 Å². The fourth-order valence-electron chi connectivity index (χ4n) is 1.26. The Balaban J connectivity index is 4.57. The maximum absolute atomic E-state index is 11.8. The highest BCUT2D eigenvalue weighted by Gasteiger charge is 2.23. The summed E-state index contributed by atoms with van der Waals surface area (Å²) in [7, 11) is 3.14. The molecule has 8 heteroatoms. The molecule has 0 aliphatic rings. The van der Waals surface area contributed by atoms with Crippen molar-refractivity contribution in [2.75, 3.05) is 33.8 Å². The first-order chi connectivity index (χ1) is 8.83. The van der Waals surface area contributed by atoms with E-state index in [1.807, 2.05) is 0 Å². The average Bonchev–Trinajstić information content (AvgIpc) is 2.34. The van der Waals surface area contributed by atoms with Gasteiger partial charge in [0.2, 0.25) is 5.91 Å². The summed E-state index contributed by atoms with van der Waals surface area (Å²) in [6.45, 7) is 1.49. The molecule has 8 nitrogen and oxygen atoms in total. The SMILES string of the molecule is CCN(CC(=O)N(C)C)C(=O)N[C@H](CCO)C(=O)O. The number of nitrogens with one attached hydrogen (secondary N) is 1. The van der Waals surface area contributed by atoms with Gasteiger partial charge in [0.1, 0.15) is 12.6 Å². The predicted molar refractivity (Wildman–Crippen MR) is 67.6 cm³/mol. The second-order valence-corrected chi connectivity index (χ2v) is 4.15. The van der Waals surface area contributed by atoms with Crippen LogP contribution in [0.3, 0.4) is 0 Å². The Morgan fingerprint density at radius 1 is 1.26 bits per heavy atom. The molecule has 0 spiro atoms. The molecule has 0 saturated heterocycles. The summed E-state index contributed by atoms with van der Waals surface area (Å²) in [5.74, 6) is -1.48. The van der Waals surface area contributed by atoms with E-state index in [1.54, 1.807) is 21.0 Å². The summed E-state index contributed by atoms with van der Waals surface area (Å²) in [5.41, 5.74) is 0. The summed E-state index contributed by atoms with van der Waals surface area (Å²) in [6.07, 6.45) is -0.0831. The number of aliphatic carboxylic acids is 1. The van der Waals surface area contributed by atoms with E-state index in [-0.39, 0.29) is 32.0 Å². The lowest BCUT2D eigenvalue weighted by Crippen LogP contribution is -2.50. The highest BCUT2D eigenvalue weighted by Crippen LogP contribution is 1.97. The molecule has 0 rings (SSSR count). The van der Waals surface area contributed by atoms with E-state index in [0.29, 0.717) is 0 Å². The summed E-state index contributed by atoms with van der Waals surface area (Å²) in [4.78, 5) is 36.7. The Hall–Kier alpha value is -1.83. The lowest BCUT2D eigenvalue weighted by molar-refractivity contribution is -0.139. The zero-order chi connectivity index (χ0) is 15.0. The number of amides is 3. The van der Waals surface area contributed by atoms with Gasteiger partial charge in [-0.2, -0.15) is 0 Å². The Morgan fingerprint density at radius 2 is 1.84 bits per heavy atom. The van der Waals surface area contributed by atoms with E-state index in [1.165, 1.54) is 9.80 Å². The van der Waals surface area contributed by atoms with Crippen molar-refractivity contribution < 1.29 is 24.6 Å². The van der Waals surface area contributed by atoms with Crippen LogP contribution >= 0.6 is 0 Å². The van der Waals surface area contributed by atoms with Crippen molar-refractivity contribution in [3.05, 3.63) is 0 Å². The third-order valence-electron chi connectivity index (χ3n) is 2.51. The zero-order valence-corrected chi connectivity index (χ0v) is 11.4. The first-order valence-electron chi connectivity index (χ1n) is 5.92. The first-order valence-corrected chi connectivity index (χ1v) is 5.92. The van der Waals surface area contributed by atoms with Gasteiger partial charge in [-0.1, -0.05) is 0 Å². The molecule has 1 atom stereocenters. The lowest BCUT2D eigenvalue weighted by Gasteiger charge is -2.24. The zero-order valence-electron chi connectivity index (χ0n) is 11.4. The molecule has 110 valence electrons. The van der Waals surface area contributed by atoms with Gasteiger partial charge in [-0.05, 0) is 6.92 Å². The molecule has 0 aromatic heterocycles. The van der Waals surface area contributed by atoms with Crippen LogP contribution in [0.4, 0.5) is 4.79 Å². The number of urea groups is 1. The maximum Gasteiger partial charge on any atom is 0.326 e. The van der Waals surface area contributed by atoms with Gasteiger partial charge in [-0.3, -0.25) is 4.79 Å². The van der Waals surface area contributed by atoms with Crippen molar-refractivity contribution in [1.82, 2.24) is 15.1 Å². The highest BCUT2D eigenvalue weighted by atomic mass is 16.4. The number of carboxylic acids is 1. The van der Waals surface area contributed by atoms with Crippen molar-refractivity contribution in [3.8, 4) is 0 Å². The number of rotatable bonds is 7. The van der Waals surface area contributed by atoms with Gasteiger partial charge in [-0.15, -0.1) is 0 Å². The average molecular weight is 275 g/mol. The number of hydrogen-bond donors (Lipinski definition) is 3. The molecule has 3 N–H and O–H groups in total. The van der Waals surface area contributed by atoms with Crippen LogP contribution in [0.25, 0.3) is 0 Å². The van der Waals surface area contributed by atoms with Gasteiger partial charge in [0.25, 0.3) is 0 Å². The molecule has 0 fully saturated rings. The normalized spacial score (nSPS) is 11.6. The Labute approximate surface area is 112 Å². The third kappa shape index (κ3) is 6.05. The molecule has 0 unspecified atom stereocenters. The monoisotopic (exact) mass is 275 g/mol. The summed E-state index contributed by atoms with van der Waals surface area (Å²) >= 11 is 0. The largest absolute Gasteiger partial charge is 0.480 e. The Kier molecular flexibility index (Phi) is 7.50. The molecule has 19 heavy (non-hydrogen) atoms. The second kappa shape index (κ2) is 8.30. The fourth-order valence-corrected chi connectivity index (χ4v) is 1.26. The van der Waals surface area contributed by atoms with Crippen LogP contribution in [0, 0.1) is 0 Å². The number of aliphatic hydroxyl groups is 1. The van der Waals surface area contributed by atoms with Crippen LogP contribution in [0.1, 0.15) is 13.3 Å². The standard InChI is InChI=1S/C11H21N3O5/c1-4-14(7-9(16)13(2)3)11(19)12-8(5-6-15)10(17)18/h8,15H,4-7H2,1-3H3,(H,12,19)(H,17,18)/t8-/m1/s1. The van der Waals surface area contributed by atoms with Crippen molar-refractivity contribution >= 4 is 17.9 Å². The summed E-state index contributed by atoms with van der Waals surface area (Å²) in [6, 6.07) is -1.81. The topological polar surface area (TPSA) is 110 Å². The molecule has 0 bridgehead atoms. The van der Waals surface area contributed by atoms with Gasteiger partial charge in [0, 0.05) is 33.7 Å². The number of likely N-dealkylation sites (N-methyl/N-ethyl adjacent to an activating group) is 2. The van der Waals surface area contributed by atoms with Gasteiger partial charge < -0.3 is 25.3 Å². The minimum absolute atomic E-state index is 0.0831. The predicted octanol–water partition coefficient (Wildman–Crippen LogP) is -1.06. The number of carboxylic acid groups (broad SMARTS) is 1. The van der Waals surface area contributed by atoms with E-state index >= 15 is 0 Å². The van der Waals surface area contributed by atoms with E-state index in [4.69, 9.17) is 10.2 Å². The Bertz CT molecular complexity index is 332. The molecule has 0 heterocycles. The van der Waals surface area contributed by atoms with Crippen molar-refractivity contribution in [1.29, 1.82) is 0 Å². The summed E-state index contributed by atoms with van der Waals surface area (Å²) < 4.78 is 0. The van der Waals surface area contributed by atoms with Gasteiger partial charge in [0.15, 0.2) is 0 Å². The smallest absolute Gasteiger partial charge is 0.326 e. The molecule has 0 aromatic carbocycles. The minimum atomic E-state index is -1.22. The molecule has 3 amide bonds. The van der Waals surface area contributed by atoms with Crippen LogP contribution in [0.2, 0.25) is 0 Å². The number of carbonyl (C=O) groups is 3. The van der Waals surface area contributed by atoms with E-state index in [9.17, 15) is 14.4 Å². The molecule has 0 radical (unpaired) electrons. The van der Waals surface area contributed by atoms with Crippen LogP contribution < -0.4 is 5.32 Å². The number of hydrogen-bond acceptors (Lipinski definition) is 4. The third-order valence-corrected chi connectivity index (χ3v) is 2.51. The van der Waals surface area contributed by atoms with E-state index in [0.717, 1.165) is 0 Å². The van der Waals surface area contributed by atoms with Gasteiger partial charge in [-0.25, -0.2) is 9.59 Å². The molecule has 0 aliphatic heterocycles. The second-order valence-electron chi connectivity index (χ2n) is 4.15. The minimum Gasteiger partial charge on any atom is -0.480 e. The fraction of sp³-hybridized carbons (Fsp3) is 0.727. The number of carbonyl (C=O) groups excluding carboxylic acids is 2. The van der Waals surface area contributed by atoms with Crippen molar-refractivity contribution in [2.45, 2.75) is 19.4 Å². The first kappa shape index (κ1) is 17.2. The highest BCUT2D eigenvalue weighted by molar-refractivity contribution is 5.86. The molecule has 0 aromatic rings. The van der Waals surface area contributed by atoms with Crippen LogP contribution in [-0.2, 0) is 9.59 Å². The molecular formula is C11H21N3O5. The van der Waals surface area contributed by atoms with Crippen molar-refractivity contribution in [3.63, 3.8) is 0 Å². The molecule has 0 aliphatic carbocycles. The lowest BCUT2D eigenvalue weighted by atomic mass is 10.2. The summed E-state index contributed by atoms with van der Waals surface area (Å²) in [5, 5.41) is 19.9. The number of nitrogens with zero attached hydrogens (tertiary/aromatic N) is 2. The Morgan fingerprint density at radius 3 is 2.21 bits per heavy atom. The quantitative estimate of drug-likeness (QED) is 0.548. The molecule has 0 saturated carbocycles. The van der Waals surface area contributed by atoms with E-state index in [2.05, 4.69) is 5.32 Å². The maximum atomic E-state index is 11.8. The van der Waals surface area contributed by atoms with Crippen LogP contribution in [-0.4, -0.2) is 77.8 Å². The number of aliphatic hydroxyl groups excluding tert-OH is 1. The molecular weight excluding hydrogens is 254 g/mol. The van der Waals surface area contributed by atoms with Crippen molar-refractivity contribution in [2.24, 2.45) is 0 Å². The van der Waals surface area contributed by atoms with Gasteiger partial charge >= 0.3 is 12.0 Å².